The Bertz CT molecular complexity index is 825. The van der Waals surface area contributed by atoms with Crippen LogP contribution >= 0.6 is 0 Å². The molecule has 6 heteroatoms. The Morgan fingerprint density at radius 2 is 2.15 bits per heavy atom. The minimum absolute atomic E-state index is 0.0200. The number of ether oxygens (including phenoxy) is 1. The third-order valence-corrected chi connectivity index (χ3v) is 5.48. The molecule has 0 amide bonds. The molecule has 1 aliphatic heterocycles. The van der Waals surface area contributed by atoms with E-state index in [4.69, 9.17) is 4.74 Å². The Morgan fingerprint density at radius 3 is 2.89 bits per heavy atom. The Balaban J connectivity index is 1.38. The molecular weight excluding hydrogens is 340 g/mol. The van der Waals surface area contributed by atoms with Crippen molar-refractivity contribution >= 4 is 0 Å². The number of aromatic nitrogens is 3. The van der Waals surface area contributed by atoms with Gasteiger partial charge in [0.25, 0.3) is 5.56 Å². The summed E-state index contributed by atoms with van der Waals surface area (Å²) in [6.07, 6.45) is 9.66. The number of pyridine rings is 1. The van der Waals surface area contributed by atoms with Gasteiger partial charge in [-0.1, -0.05) is 13.0 Å². The van der Waals surface area contributed by atoms with Crippen molar-refractivity contribution < 1.29 is 4.74 Å². The fourth-order valence-electron chi connectivity index (χ4n) is 4.03. The Kier molecular flexibility index (Phi) is 5.53. The summed E-state index contributed by atoms with van der Waals surface area (Å²) in [4.78, 5) is 26.8. The van der Waals surface area contributed by atoms with Gasteiger partial charge in [0, 0.05) is 44.7 Å². The zero-order chi connectivity index (χ0) is 18.6. The van der Waals surface area contributed by atoms with Crippen LogP contribution in [0.3, 0.4) is 0 Å². The van der Waals surface area contributed by atoms with E-state index in [-0.39, 0.29) is 5.56 Å². The highest BCUT2D eigenvalue weighted by Crippen LogP contribution is 2.23. The molecule has 1 aliphatic carbocycles. The Hall–Kier alpha value is -2.21. The summed E-state index contributed by atoms with van der Waals surface area (Å²) in [6.45, 7) is 4.44. The van der Waals surface area contributed by atoms with E-state index < -0.39 is 0 Å². The number of H-pyrrole nitrogens is 1. The molecule has 0 radical (unpaired) electrons. The average Bonchev–Trinajstić information content (AvgIpc) is 3.17. The number of fused-ring (bicyclic) bond motifs is 1. The maximum Gasteiger partial charge on any atom is 0.255 e. The molecule has 27 heavy (non-hydrogen) atoms. The first kappa shape index (κ1) is 18.2. The van der Waals surface area contributed by atoms with Crippen molar-refractivity contribution in [2.75, 3.05) is 6.54 Å². The molecule has 0 bridgehead atoms. The third kappa shape index (κ3) is 4.38. The highest BCUT2D eigenvalue weighted by molar-refractivity contribution is 5.22. The van der Waals surface area contributed by atoms with Crippen molar-refractivity contribution in [3.05, 3.63) is 51.3 Å². The quantitative estimate of drug-likeness (QED) is 0.849. The predicted octanol–water partition coefficient (Wildman–Crippen LogP) is 3.00. The van der Waals surface area contributed by atoms with Crippen LogP contribution in [0.25, 0.3) is 0 Å². The molecule has 0 saturated heterocycles. The smallest absolute Gasteiger partial charge is 0.255 e. The monoisotopic (exact) mass is 368 g/mol. The first-order valence-electron chi connectivity index (χ1n) is 10.2. The van der Waals surface area contributed by atoms with Crippen LogP contribution in [0.4, 0.5) is 0 Å². The van der Waals surface area contributed by atoms with Gasteiger partial charge in [0.1, 0.15) is 11.9 Å². The summed E-state index contributed by atoms with van der Waals surface area (Å²) < 4.78 is 5.94. The summed E-state index contributed by atoms with van der Waals surface area (Å²) in [5.74, 6) is 1.54. The molecule has 2 aliphatic rings. The van der Waals surface area contributed by atoms with Crippen molar-refractivity contribution in [3.8, 4) is 5.88 Å². The molecule has 0 atom stereocenters. The second kappa shape index (κ2) is 8.21. The number of hydrogen-bond acceptors (Lipinski definition) is 5. The fourth-order valence-corrected chi connectivity index (χ4v) is 4.03. The molecular formula is C21H28N4O2. The second-order valence-electron chi connectivity index (χ2n) is 7.68. The fraction of sp³-hybridized carbons (Fsp3) is 0.571. The first-order chi connectivity index (χ1) is 13.2. The lowest BCUT2D eigenvalue weighted by molar-refractivity contribution is 0.201. The highest BCUT2D eigenvalue weighted by atomic mass is 16.5. The van der Waals surface area contributed by atoms with E-state index in [1.807, 2.05) is 12.3 Å². The number of rotatable bonds is 6. The van der Waals surface area contributed by atoms with Crippen molar-refractivity contribution in [1.29, 1.82) is 0 Å². The molecule has 0 unspecified atom stereocenters. The van der Waals surface area contributed by atoms with Crippen LogP contribution in [-0.4, -0.2) is 32.5 Å². The van der Waals surface area contributed by atoms with Crippen LogP contribution < -0.4 is 10.3 Å². The first-order valence-corrected chi connectivity index (χ1v) is 10.2. The molecule has 3 heterocycles. The molecule has 2 aromatic heterocycles. The van der Waals surface area contributed by atoms with Gasteiger partial charge >= 0.3 is 0 Å². The van der Waals surface area contributed by atoms with Gasteiger partial charge in [0.2, 0.25) is 5.88 Å². The molecule has 6 nitrogen and oxygen atoms in total. The molecule has 1 saturated carbocycles. The minimum Gasteiger partial charge on any atom is -0.474 e. The summed E-state index contributed by atoms with van der Waals surface area (Å²) in [5.41, 5.74) is 2.95. The van der Waals surface area contributed by atoms with Crippen LogP contribution in [0, 0.1) is 0 Å². The second-order valence-corrected chi connectivity index (χ2v) is 7.68. The van der Waals surface area contributed by atoms with Gasteiger partial charge in [-0.05, 0) is 37.7 Å². The lowest BCUT2D eigenvalue weighted by Crippen LogP contribution is -2.35. The van der Waals surface area contributed by atoms with E-state index in [0.29, 0.717) is 12.6 Å². The number of aryl methyl sites for hydroxylation is 1. The predicted molar refractivity (Wildman–Crippen MR) is 104 cm³/mol. The van der Waals surface area contributed by atoms with E-state index in [1.165, 1.54) is 12.8 Å². The van der Waals surface area contributed by atoms with Gasteiger partial charge < -0.3 is 9.72 Å². The molecule has 144 valence electrons. The van der Waals surface area contributed by atoms with E-state index in [0.717, 1.165) is 73.7 Å². The van der Waals surface area contributed by atoms with Gasteiger partial charge in [0.05, 0.1) is 11.3 Å². The molecule has 4 rings (SSSR count). The largest absolute Gasteiger partial charge is 0.474 e. The molecule has 1 fully saturated rings. The van der Waals surface area contributed by atoms with Crippen LogP contribution in [0.1, 0.15) is 61.7 Å². The average molecular weight is 368 g/mol. The van der Waals surface area contributed by atoms with E-state index in [1.54, 1.807) is 0 Å². The van der Waals surface area contributed by atoms with Crippen molar-refractivity contribution in [3.63, 3.8) is 0 Å². The van der Waals surface area contributed by atoms with Gasteiger partial charge in [-0.2, -0.15) is 0 Å². The zero-order valence-electron chi connectivity index (χ0n) is 16.0. The Labute approximate surface area is 160 Å². The van der Waals surface area contributed by atoms with E-state index in [2.05, 4.69) is 32.8 Å². The minimum atomic E-state index is 0.0200. The highest BCUT2D eigenvalue weighted by Gasteiger charge is 2.21. The number of aromatic amines is 1. The van der Waals surface area contributed by atoms with Gasteiger partial charge in [-0.15, -0.1) is 0 Å². The van der Waals surface area contributed by atoms with Crippen molar-refractivity contribution in [1.82, 2.24) is 19.9 Å². The summed E-state index contributed by atoms with van der Waals surface area (Å²) in [5, 5.41) is 0. The van der Waals surface area contributed by atoms with Crippen LogP contribution in [0.2, 0.25) is 0 Å². The van der Waals surface area contributed by atoms with E-state index >= 15 is 0 Å². The normalized spacial score (nSPS) is 17.8. The maximum absolute atomic E-state index is 12.4. The van der Waals surface area contributed by atoms with Crippen molar-refractivity contribution in [2.24, 2.45) is 0 Å². The lowest BCUT2D eigenvalue weighted by atomic mass is 10.1. The number of nitrogens with zero attached hydrogens (tertiary/aromatic N) is 3. The third-order valence-electron chi connectivity index (χ3n) is 5.48. The zero-order valence-corrected chi connectivity index (χ0v) is 16.0. The number of nitrogens with one attached hydrogen (secondary N) is 1. The SMILES string of the molecule is CCCc1nc2c(c(=O)[nH]1)CN(Cc1ccc(OC3CCCC3)nc1)CC2. The summed E-state index contributed by atoms with van der Waals surface area (Å²) >= 11 is 0. The lowest BCUT2D eigenvalue weighted by Gasteiger charge is -2.27. The van der Waals surface area contributed by atoms with Gasteiger partial charge in [-0.25, -0.2) is 9.97 Å². The summed E-state index contributed by atoms with van der Waals surface area (Å²) in [6, 6.07) is 4.05. The van der Waals surface area contributed by atoms with Crippen molar-refractivity contribution in [2.45, 2.75) is 71.1 Å². The van der Waals surface area contributed by atoms with Crippen LogP contribution in [-0.2, 0) is 25.9 Å². The van der Waals surface area contributed by atoms with Crippen LogP contribution in [0.5, 0.6) is 5.88 Å². The van der Waals surface area contributed by atoms with Gasteiger partial charge in [0.15, 0.2) is 0 Å². The Morgan fingerprint density at radius 1 is 1.30 bits per heavy atom. The topological polar surface area (TPSA) is 71.1 Å². The number of hydrogen-bond donors (Lipinski definition) is 1. The van der Waals surface area contributed by atoms with Crippen LogP contribution in [0.15, 0.2) is 23.1 Å². The standard InChI is InChI=1S/C21H28N4O2/c1-2-5-19-23-18-10-11-25(14-17(18)21(26)24-19)13-15-8-9-20(22-12-15)27-16-6-3-4-7-16/h8-9,12,16H,2-7,10-11,13-14H2,1H3,(H,23,24,26). The van der Waals surface area contributed by atoms with Gasteiger partial charge in [-0.3, -0.25) is 9.69 Å². The summed E-state index contributed by atoms with van der Waals surface area (Å²) in [7, 11) is 0. The molecule has 0 spiro atoms. The maximum atomic E-state index is 12.4. The molecule has 1 N–H and O–H groups in total. The molecule has 0 aromatic carbocycles. The van der Waals surface area contributed by atoms with E-state index in [9.17, 15) is 4.79 Å². The molecule has 2 aromatic rings.